The van der Waals surface area contributed by atoms with E-state index in [2.05, 4.69) is 29.4 Å². The van der Waals surface area contributed by atoms with Gasteiger partial charge in [0.25, 0.3) is 0 Å². The third kappa shape index (κ3) is 4.60. The number of hydrogen-bond donors (Lipinski definition) is 0. The second kappa shape index (κ2) is 8.48. The van der Waals surface area contributed by atoms with Crippen LogP contribution in [0.2, 0.25) is 0 Å². The summed E-state index contributed by atoms with van der Waals surface area (Å²) in [6, 6.07) is 20.4. The predicted molar refractivity (Wildman–Crippen MR) is 102 cm³/mol. The lowest BCUT2D eigenvalue weighted by Gasteiger charge is -2.23. The standard InChI is InChI=1S/C22H24N2O2/c1-17-21(18(2)26-23-17)15-22(25)24(16-20-11-7-4-8-12-20)14-13-19-9-5-3-6-10-19/h3-12H,13-16H2,1-2H3. The van der Waals surface area contributed by atoms with Crippen molar-refractivity contribution >= 4 is 5.91 Å². The number of benzene rings is 2. The van der Waals surface area contributed by atoms with Crippen molar-refractivity contribution in [1.29, 1.82) is 0 Å². The van der Waals surface area contributed by atoms with Gasteiger partial charge in [-0.15, -0.1) is 0 Å². The van der Waals surface area contributed by atoms with Crippen LogP contribution >= 0.6 is 0 Å². The molecule has 0 unspecified atom stereocenters. The van der Waals surface area contributed by atoms with E-state index in [1.807, 2.05) is 55.1 Å². The Morgan fingerprint density at radius 3 is 2.15 bits per heavy atom. The van der Waals surface area contributed by atoms with Gasteiger partial charge in [-0.25, -0.2) is 0 Å². The number of hydrogen-bond acceptors (Lipinski definition) is 3. The van der Waals surface area contributed by atoms with E-state index in [-0.39, 0.29) is 5.91 Å². The fourth-order valence-corrected chi connectivity index (χ4v) is 3.02. The number of amides is 1. The number of nitrogens with zero attached hydrogens (tertiary/aromatic N) is 2. The largest absolute Gasteiger partial charge is 0.361 e. The molecule has 4 nitrogen and oxygen atoms in total. The Morgan fingerprint density at radius 2 is 1.58 bits per heavy atom. The summed E-state index contributed by atoms with van der Waals surface area (Å²) in [5.41, 5.74) is 4.05. The zero-order valence-electron chi connectivity index (χ0n) is 15.3. The Kier molecular flexibility index (Phi) is 5.84. The molecule has 0 atom stereocenters. The van der Waals surface area contributed by atoms with Crippen LogP contribution in [0.4, 0.5) is 0 Å². The number of aromatic nitrogens is 1. The fraction of sp³-hybridized carbons (Fsp3) is 0.273. The van der Waals surface area contributed by atoms with Gasteiger partial charge in [0.15, 0.2) is 0 Å². The van der Waals surface area contributed by atoms with Gasteiger partial charge in [0.05, 0.1) is 12.1 Å². The van der Waals surface area contributed by atoms with Gasteiger partial charge in [-0.05, 0) is 31.4 Å². The molecule has 4 heteroatoms. The molecule has 0 radical (unpaired) electrons. The van der Waals surface area contributed by atoms with Crippen molar-refractivity contribution in [3.63, 3.8) is 0 Å². The molecule has 1 aromatic heterocycles. The first-order valence-corrected chi connectivity index (χ1v) is 8.91. The molecule has 26 heavy (non-hydrogen) atoms. The number of aryl methyl sites for hydroxylation is 2. The molecule has 0 saturated heterocycles. The van der Waals surface area contributed by atoms with Gasteiger partial charge in [-0.3, -0.25) is 4.79 Å². The minimum atomic E-state index is 0.0965. The maximum Gasteiger partial charge on any atom is 0.227 e. The first-order chi connectivity index (χ1) is 12.6. The zero-order valence-corrected chi connectivity index (χ0v) is 15.3. The van der Waals surface area contributed by atoms with Crippen LogP contribution in [0.25, 0.3) is 0 Å². The van der Waals surface area contributed by atoms with Gasteiger partial charge >= 0.3 is 0 Å². The quantitative estimate of drug-likeness (QED) is 0.646. The van der Waals surface area contributed by atoms with Crippen molar-refractivity contribution in [2.24, 2.45) is 0 Å². The highest BCUT2D eigenvalue weighted by molar-refractivity contribution is 5.79. The van der Waals surface area contributed by atoms with Crippen LogP contribution in [0.3, 0.4) is 0 Å². The van der Waals surface area contributed by atoms with E-state index in [1.54, 1.807) is 0 Å². The van der Waals surface area contributed by atoms with Crippen molar-refractivity contribution in [2.75, 3.05) is 6.54 Å². The lowest BCUT2D eigenvalue weighted by Crippen LogP contribution is -2.34. The van der Waals surface area contributed by atoms with Crippen molar-refractivity contribution in [2.45, 2.75) is 33.2 Å². The van der Waals surface area contributed by atoms with Gasteiger partial charge in [-0.2, -0.15) is 0 Å². The summed E-state index contributed by atoms with van der Waals surface area (Å²) in [4.78, 5) is 14.9. The smallest absolute Gasteiger partial charge is 0.227 e. The van der Waals surface area contributed by atoms with Crippen LogP contribution in [0.15, 0.2) is 65.2 Å². The molecule has 0 bridgehead atoms. The van der Waals surface area contributed by atoms with Crippen LogP contribution in [0, 0.1) is 13.8 Å². The topological polar surface area (TPSA) is 46.3 Å². The van der Waals surface area contributed by atoms with Crippen LogP contribution in [0.1, 0.15) is 28.1 Å². The molecule has 3 aromatic rings. The van der Waals surface area contributed by atoms with E-state index in [0.717, 1.165) is 29.0 Å². The van der Waals surface area contributed by atoms with Crippen LogP contribution < -0.4 is 0 Å². The average Bonchev–Trinajstić information content (AvgIpc) is 2.98. The van der Waals surface area contributed by atoms with E-state index in [4.69, 9.17) is 4.52 Å². The second-order valence-electron chi connectivity index (χ2n) is 6.52. The second-order valence-corrected chi connectivity index (χ2v) is 6.52. The molecule has 0 fully saturated rings. The van der Waals surface area contributed by atoms with E-state index < -0.39 is 0 Å². The summed E-state index contributed by atoms with van der Waals surface area (Å²) in [5, 5.41) is 3.96. The summed E-state index contributed by atoms with van der Waals surface area (Å²) >= 11 is 0. The molecule has 0 aliphatic carbocycles. The monoisotopic (exact) mass is 348 g/mol. The van der Waals surface area contributed by atoms with Crippen molar-refractivity contribution in [3.05, 3.63) is 88.8 Å². The van der Waals surface area contributed by atoms with E-state index >= 15 is 0 Å². The summed E-state index contributed by atoms with van der Waals surface area (Å²) < 4.78 is 5.20. The third-order valence-electron chi connectivity index (χ3n) is 4.59. The average molecular weight is 348 g/mol. The highest BCUT2D eigenvalue weighted by atomic mass is 16.5. The molecule has 0 N–H and O–H groups in total. The first kappa shape index (κ1) is 17.9. The molecule has 2 aromatic carbocycles. The third-order valence-corrected chi connectivity index (χ3v) is 4.59. The molecule has 0 aliphatic heterocycles. The Hall–Kier alpha value is -2.88. The molecular formula is C22H24N2O2. The van der Waals surface area contributed by atoms with Crippen LogP contribution in [-0.2, 0) is 24.2 Å². The SMILES string of the molecule is Cc1noc(C)c1CC(=O)N(CCc1ccccc1)Cc1ccccc1. The molecule has 0 aliphatic rings. The van der Waals surface area contributed by atoms with Crippen LogP contribution in [0.5, 0.6) is 0 Å². The fourth-order valence-electron chi connectivity index (χ4n) is 3.02. The maximum atomic E-state index is 13.0. The van der Waals surface area contributed by atoms with E-state index in [9.17, 15) is 4.79 Å². The van der Waals surface area contributed by atoms with Crippen LogP contribution in [-0.4, -0.2) is 22.5 Å². The highest BCUT2D eigenvalue weighted by Crippen LogP contribution is 2.16. The molecular weight excluding hydrogens is 324 g/mol. The summed E-state index contributed by atoms with van der Waals surface area (Å²) in [6.45, 7) is 5.02. The van der Waals surface area contributed by atoms with Gasteiger partial charge in [0, 0.05) is 18.7 Å². The number of carbonyl (C=O) groups is 1. The highest BCUT2D eigenvalue weighted by Gasteiger charge is 2.19. The van der Waals surface area contributed by atoms with E-state index in [0.29, 0.717) is 19.5 Å². The lowest BCUT2D eigenvalue weighted by atomic mass is 10.1. The molecule has 3 rings (SSSR count). The normalized spacial score (nSPS) is 10.7. The first-order valence-electron chi connectivity index (χ1n) is 8.91. The molecule has 1 heterocycles. The maximum absolute atomic E-state index is 13.0. The Morgan fingerprint density at radius 1 is 0.962 bits per heavy atom. The van der Waals surface area contributed by atoms with E-state index in [1.165, 1.54) is 5.56 Å². The Bertz CT molecular complexity index is 822. The molecule has 1 amide bonds. The minimum Gasteiger partial charge on any atom is -0.361 e. The van der Waals surface area contributed by atoms with Gasteiger partial charge in [-0.1, -0.05) is 65.8 Å². The number of rotatable bonds is 7. The zero-order chi connectivity index (χ0) is 18.4. The van der Waals surface area contributed by atoms with Gasteiger partial charge in [0.2, 0.25) is 5.91 Å². The van der Waals surface area contributed by atoms with Crippen molar-refractivity contribution in [1.82, 2.24) is 10.1 Å². The van der Waals surface area contributed by atoms with Gasteiger partial charge in [0.1, 0.15) is 5.76 Å². The summed E-state index contributed by atoms with van der Waals surface area (Å²) in [6.07, 6.45) is 1.16. The van der Waals surface area contributed by atoms with Crippen molar-refractivity contribution in [3.8, 4) is 0 Å². The van der Waals surface area contributed by atoms with Crippen molar-refractivity contribution < 1.29 is 9.32 Å². The summed E-state index contributed by atoms with van der Waals surface area (Å²) in [7, 11) is 0. The minimum absolute atomic E-state index is 0.0965. The number of carbonyl (C=O) groups excluding carboxylic acids is 1. The molecule has 0 spiro atoms. The lowest BCUT2D eigenvalue weighted by molar-refractivity contribution is -0.131. The Balaban J connectivity index is 1.74. The molecule has 0 saturated carbocycles. The Labute approximate surface area is 154 Å². The summed E-state index contributed by atoms with van der Waals surface area (Å²) in [5.74, 6) is 0.817. The predicted octanol–water partition coefficient (Wildman–Crippen LogP) is 4.11. The molecule has 134 valence electrons. The van der Waals surface area contributed by atoms with Gasteiger partial charge < -0.3 is 9.42 Å².